The lowest BCUT2D eigenvalue weighted by Gasteiger charge is -2.22. The van der Waals surface area contributed by atoms with Crippen LogP contribution in [0.5, 0.6) is 17.2 Å². The zero-order valence-electron chi connectivity index (χ0n) is 15.9. The fraction of sp³-hybridized carbons (Fsp3) is 0.450. The highest BCUT2D eigenvalue weighted by atomic mass is 16.5. The molecule has 8 heteroatoms. The molecule has 1 saturated heterocycles. The number of carbonyl (C=O) groups excluding carboxylic acids is 3. The maximum atomic E-state index is 12.9. The summed E-state index contributed by atoms with van der Waals surface area (Å²) >= 11 is 0. The Labute approximate surface area is 162 Å². The fourth-order valence-electron chi connectivity index (χ4n) is 4.33. The molecule has 1 aromatic rings. The molecule has 0 aromatic heterocycles. The van der Waals surface area contributed by atoms with Crippen LogP contribution >= 0.6 is 0 Å². The number of imide groups is 1. The van der Waals surface area contributed by atoms with Crippen LogP contribution in [0.3, 0.4) is 0 Å². The molecule has 1 fully saturated rings. The molecule has 4 rings (SSSR count). The van der Waals surface area contributed by atoms with E-state index in [4.69, 9.17) is 18.9 Å². The molecule has 28 heavy (non-hydrogen) atoms. The van der Waals surface area contributed by atoms with Crippen LogP contribution in [0.2, 0.25) is 0 Å². The summed E-state index contributed by atoms with van der Waals surface area (Å²) in [6.07, 6.45) is 4.97. The smallest absolute Gasteiger partial charge is 0.339 e. The van der Waals surface area contributed by atoms with Crippen LogP contribution in [0, 0.1) is 11.8 Å². The second kappa shape index (κ2) is 6.85. The molecule has 2 aliphatic heterocycles. The van der Waals surface area contributed by atoms with E-state index in [0.717, 1.165) is 0 Å². The summed E-state index contributed by atoms with van der Waals surface area (Å²) < 4.78 is 21.6. The number of nitrogens with zero attached hydrogens (tertiary/aromatic N) is 1. The van der Waals surface area contributed by atoms with Gasteiger partial charge in [-0.2, -0.15) is 0 Å². The van der Waals surface area contributed by atoms with Gasteiger partial charge in [-0.05, 0) is 12.8 Å². The predicted octanol–water partition coefficient (Wildman–Crippen LogP) is 1.83. The molecular weight excluding hydrogens is 366 g/mol. The van der Waals surface area contributed by atoms with E-state index >= 15 is 0 Å². The first-order chi connectivity index (χ1) is 13.5. The van der Waals surface area contributed by atoms with Gasteiger partial charge in [0.2, 0.25) is 17.6 Å². The molecule has 0 radical (unpaired) electrons. The number of rotatable bonds is 5. The molecule has 2 amide bonds. The minimum atomic E-state index is -0.539. The van der Waals surface area contributed by atoms with Crippen molar-refractivity contribution in [2.45, 2.75) is 26.0 Å². The van der Waals surface area contributed by atoms with E-state index in [1.807, 2.05) is 12.2 Å². The Bertz CT molecular complexity index is 879. The Morgan fingerprint density at radius 1 is 0.929 bits per heavy atom. The van der Waals surface area contributed by atoms with Crippen LogP contribution in [-0.4, -0.2) is 44.0 Å². The van der Waals surface area contributed by atoms with Crippen molar-refractivity contribution >= 4 is 17.8 Å². The summed E-state index contributed by atoms with van der Waals surface area (Å²) in [5.74, 6) is -0.774. The first-order valence-corrected chi connectivity index (χ1v) is 9.04. The van der Waals surface area contributed by atoms with E-state index in [9.17, 15) is 14.4 Å². The number of ether oxygens (including phenoxy) is 4. The highest BCUT2D eigenvalue weighted by molar-refractivity contribution is 6.06. The standard InChI is InChI=1S/C20H21NO7/c1-25-15-12(8-21-18(22)10-6-4-5-7-11(10)19(21)23)14-13(9-28-20(14)24)16(26-2)17(15)27-3/h4-5,10-11H,6-9H2,1-3H3/t10-,11-/m0/s1. The SMILES string of the molecule is COc1c2c(c(CN3C(=O)[C@H]4CC=CC[C@@H]4C3=O)c(OC)c1OC)C(=O)OC2. The van der Waals surface area contributed by atoms with Gasteiger partial charge < -0.3 is 18.9 Å². The number of likely N-dealkylation sites (tertiary alicyclic amines) is 1. The number of allylic oxidation sites excluding steroid dienone is 2. The highest BCUT2D eigenvalue weighted by Gasteiger charge is 2.48. The largest absolute Gasteiger partial charge is 0.492 e. The third-order valence-electron chi connectivity index (χ3n) is 5.64. The number of carbonyl (C=O) groups is 3. The molecule has 1 aromatic carbocycles. The molecule has 0 N–H and O–H groups in total. The quantitative estimate of drug-likeness (QED) is 0.432. The summed E-state index contributed by atoms with van der Waals surface area (Å²) in [7, 11) is 4.36. The minimum Gasteiger partial charge on any atom is -0.492 e. The van der Waals surface area contributed by atoms with Crippen molar-refractivity contribution in [2.24, 2.45) is 11.8 Å². The van der Waals surface area contributed by atoms with E-state index in [1.165, 1.54) is 26.2 Å². The van der Waals surface area contributed by atoms with Crippen LogP contribution in [0.4, 0.5) is 0 Å². The number of methoxy groups -OCH3 is 3. The van der Waals surface area contributed by atoms with Gasteiger partial charge >= 0.3 is 5.97 Å². The van der Waals surface area contributed by atoms with Crippen LogP contribution in [-0.2, 0) is 27.5 Å². The molecule has 2 heterocycles. The number of amides is 2. The molecule has 2 atom stereocenters. The van der Waals surface area contributed by atoms with Crippen molar-refractivity contribution in [1.29, 1.82) is 0 Å². The first kappa shape index (κ1) is 18.3. The van der Waals surface area contributed by atoms with E-state index in [0.29, 0.717) is 35.5 Å². The predicted molar refractivity (Wildman–Crippen MR) is 96.1 cm³/mol. The third-order valence-corrected chi connectivity index (χ3v) is 5.64. The first-order valence-electron chi connectivity index (χ1n) is 9.04. The van der Waals surface area contributed by atoms with Crippen molar-refractivity contribution in [3.63, 3.8) is 0 Å². The average Bonchev–Trinajstić information content (AvgIpc) is 3.21. The monoisotopic (exact) mass is 387 g/mol. The molecule has 0 unspecified atom stereocenters. The summed E-state index contributed by atoms with van der Waals surface area (Å²) in [6, 6.07) is 0. The van der Waals surface area contributed by atoms with Gasteiger partial charge in [-0.15, -0.1) is 0 Å². The number of benzene rings is 1. The Morgan fingerprint density at radius 2 is 1.50 bits per heavy atom. The Hall–Kier alpha value is -3.03. The lowest BCUT2D eigenvalue weighted by Crippen LogP contribution is -2.31. The number of cyclic esters (lactones) is 1. The average molecular weight is 387 g/mol. The van der Waals surface area contributed by atoms with Crippen molar-refractivity contribution in [3.8, 4) is 17.2 Å². The van der Waals surface area contributed by atoms with E-state index < -0.39 is 5.97 Å². The zero-order valence-corrected chi connectivity index (χ0v) is 15.9. The fourth-order valence-corrected chi connectivity index (χ4v) is 4.33. The van der Waals surface area contributed by atoms with Crippen molar-refractivity contribution in [3.05, 3.63) is 28.8 Å². The van der Waals surface area contributed by atoms with Gasteiger partial charge in [-0.1, -0.05) is 12.2 Å². The maximum absolute atomic E-state index is 12.9. The summed E-state index contributed by atoms with van der Waals surface area (Å²) in [4.78, 5) is 39.4. The lowest BCUT2D eigenvalue weighted by atomic mass is 9.85. The highest BCUT2D eigenvalue weighted by Crippen LogP contribution is 2.49. The third kappa shape index (κ3) is 2.47. The zero-order chi connectivity index (χ0) is 20.0. The van der Waals surface area contributed by atoms with Crippen molar-refractivity contribution < 1.29 is 33.3 Å². The van der Waals surface area contributed by atoms with Crippen LogP contribution in [0.15, 0.2) is 12.2 Å². The van der Waals surface area contributed by atoms with Crippen molar-refractivity contribution in [2.75, 3.05) is 21.3 Å². The van der Waals surface area contributed by atoms with Gasteiger partial charge in [0.25, 0.3) is 0 Å². The lowest BCUT2D eigenvalue weighted by molar-refractivity contribution is -0.140. The van der Waals surface area contributed by atoms with Gasteiger partial charge in [0.1, 0.15) is 6.61 Å². The molecule has 0 saturated carbocycles. The van der Waals surface area contributed by atoms with Gasteiger partial charge in [0.15, 0.2) is 11.5 Å². The Kier molecular flexibility index (Phi) is 4.49. The molecule has 0 bridgehead atoms. The molecular formula is C20H21NO7. The van der Waals surface area contributed by atoms with Gasteiger partial charge in [-0.25, -0.2) is 4.79 Å². The van der Waals surface area contributed by atoms with E-state index in [1.54, 1.807) is 0 Å². The molecule has 3 aliphatic rings. The van der Waals surface area contributed by atoms with Crippen LogP contribution in [0.25, 0.3) is 0 Å². The summed E-state index contributed by atoms with van der Waals surface area (Å²) in [5, 5.41) is 0. The van der Waals surface area contributed by atoms with Crippen LogP contribution < -0.4 is 14.2 Å². The Balaban J connectivity index is 1.82. The molecule has 8 nitrogen and oxygen atoms in total. The molecule has 148 valence electrons. The van der Waals surface area contributed by atoms with E-state index in [2.05, 4.69) is 0 Å². The van der Waals surface area contributed by atoms with E-state index in [-0.39, 0.29) is 48.1 Å². The summed E-state index contributed by atoms with van der Waals surface area (Å²) in [5.41, 5.74) is 1.19. The maximum Gasteiger partial charge on any atom is 0.339 e. The Morgan fingerprint density at radius 3 is 2.04 bits per heavy atom. The topological polar surface area (TPSA) is 91.4 Å². The number of hydrogen-bond donors (Lipinski definition) is 0. The number of esters is 1. The number of hydrogen-bond acceptors (Lipinski definition) is 7. The molecule has 1 aliphatic carbocycles. The van der Waals surface area contributed by atoms with Gasteiger partial charge in [0, 0.05) is 5.56 Å². The van der Waals surface area contributed by atoms with Crippen molar-refractivity contribution in [1.82, 2.24) is 4.90 Å². The minimum absolute atomic E-state index is 0.0295. The van der Waals surface area contributed by atoms with Crippen LogP contribution in [0.1, 0.15) is 34.3 Å². The van der Waals surface area contributed by atoms with Gasteiger partial charge in [0.05, 0.1) is 50.8 Å². The second-order valence-corrected chi connectivity index (χ2v) is 6.93. The normalized spacial score (nSPS) is 22.8. The second-order valence-electron chi connectivity index (χ2n) is 6.93. The summed E-state index contributed by atoms with van der Waals surface area (Å²) in [6.45, 7) is -0.0482. The number of fused-ring (bicyclic) bond motifs is 2. The van der Waals surface area contributed by atoms with Gasteiger partial charge in [-0.3, -0.25) is 14.5 Å². The molecule has 0 spiro atoms.